The maximum Gasteiger partial charge on any atom is 0.136 e. The molecule has 5 rings (SSSR count). The van der Waals surface area contributed by atoms with Crippen molar-refractivity contribution in [2.75, 3.05) is 0 Å². The van der Waals surface area contributed by atoms with E-state index in [1.165, 1.54) is 24.0 Å². The van der Waals surface area contributed by atoms with E-state index in [1.54, 1.807) is 0 Å². The van der Waals surface area contributed by atoms with Crippen molar-refractivity contribution in [2.45, 2.75) is 64.9 Å². The third-order valence-corrected chi connectivity index (χ3v) is 9.10. The largest absolute Gasteiger partial charge is 0.393 e. The Morgan fingerprint density at radius 1 is 1.04 bits per heavy atom. The molecule has 7 atom stereocenters. The van der Waals surface area contributed by atoms with Crippen molar-refractivity contribution in [3.05, 3.63) is 42.0 Å². The average molecular weight is 365 g/mol. The molecule has 0 unspecified atom stereocenters. The molecule has 144 valence electrons. The van der Waals surface area contributed by atoms with Gasteiger partial charge in [-0.3, -0.25) is 4.79 Å². The predicted octanol–water partition coefficient (Wildman–Crippen LogP) is 5.26. The first-order valence-electron chi connectivity index (χ1n) is 10.9. The van der Waals surface area contributed by atoms with Crippen LogP contribution in [0.3, 0.4) is 0 Å². The Hall–Kier alpha value is -1.41. The fourth-order valence-corrected chi connectivity index (χ4v) is 7.65. The summed E-state index contributed by atoms with van der Waals surface area (Å²) in [4.78, 5) is 13.2. The zero-order chi connectivity index (χ0) is 18.8. The van der Waals surface area contributed by atoms with Crippen LogP contribution in [0, 0.1) is 34.5 Å². The Bertz CT molecular complexity index is 781. The Kier molecular flexibility index (Phi) is 3.95. The minimum atomic E-state index is -0.268. The zero-order valence-corrected chi connectivity index (χ0v) is 16.7. The summed E-state index contributed by atoms with van der Waals surface area (Å²) in [5, 5.41) is 10.2. The molecule has 1 N–H and O–H groups in total. The lowest BCUT2D eigenvalue weighted by Crippen LogP contribution is -2.56. The Labute approximate surface area is 163 Å². The van der Waals surface area contributed by atoms with E-state index in [4.69, 9.17) is 0 Å². The molecule has 3 fully saturated rings. The molecule has 0 spiro atoms. The first-order valence-corrected chi connectivity index (χ1v) is 10.9. The third kappa shape index (κ3) is 2.45. The minimum Gasteiger partial charge on any atom is -0.393 e. The van der Waals surface area contributed by atoms with Crippen molar-refractivity contribution in [3.63, 3.8) is 0 Å². The van der Waals surface area contributed by atoms with Gasteiger partial charge in [0.25, 0.3) is 0 Å². The van der Waals surface area contributed by atoms with Gasteiger partial charge < -0.3 is 5.11 Å². The van der Waals surface area contributed by atoms with Crippen LogP contribution in [0.4, 0.5) is 0 Å². The molecule has 0 amide bonds. The first kappa shape index (κ1) is 17.7. The lowest BCUT2D eigenvalue weighted by molar-refractivity contribution is -0.156. The van der Waals surface area contributed by atoms with Crippen molar-refractivity contribution in [3.8, 4) is 0 Å². The molecule has 27 heavy (non-hydrogen) atoms. The molecule has 2 heteroatoms. The molecule has 0 aromatic heterocycles. The third-order valence-electron chi connectivity index (χ3n) is 9.10. The van der Waals surface area contributed by atoms with Crippen LogP contribution < -0.4 is 0 Å². The Morgan fingerprint density at radius 2 is 1.81 bits per heavy atom. The summed E-state index contributed by atoms with van der Waals surface area (Å²) in [6.45, 7) is 4.84. The molecule has 4 aliphatic carbocycles. The SMILES string of the molecule is C[C@]12CC[C@H](O)C[C@@H]1C(=O)C[C@@H]1[C@@H]2CC[C@]2(C)C(c3ccccc3)=CC[C@@H]12. The Balaban J connectivity index is 1.48. The lowest BCUT2D eigenvalue weighted by Gasteiger charge is -2.60. The lowest BCUT2D eigenvalue weighted by atomic mass is 9.44. The molecule has 0 heterocycles. The van der Waals surface area contributed by atoms with Gasteiger partial charge in [0.15, 0.2) is 0 Å². The molecule has 0 aliphatic heterocycles. The van der Waals surface area contributed by atoms with Gasteiger partial charge in [0.05, 0.1) is 6.10 Å². The van der Waals surface area contributed by atoms with Crippen LogP contribution in [0.25, 0.3) is 5.57 Å². The van der Waals surface area contributed by atoms with Crippen LogP contribution in [0.15, 0.2) is 36.4 Å². The van der Waals surface area contributed by atoms with Crippen LogP contribution >= 0.6 is 0 Å². The van der Waals surface area contributed by atoms with E-state index in [9.17, 15) is 9.90 Å². The fourth-order valence-electron chi connectivity index (χ4n) is 7.65. The van der Waals surface area contributed by atoms with E-state index in [-0.39, 0.29) is 22.9 Å². The maximum atomic E-state index is 13.2. The second-order valence-electron chi connectivity index (χ2n) is 10.2. The van der Waals surface area contributed by atoms with E-state index in [1.807, 2.05) is 0 Å². The molecule has 4 aliphatic rings. The minimum absolute atomic E-state index is 0.0924. The molecule has 0 bridgehead atoms. The highest BCUT2D eigenvalue weighted by Crippen LogP contribution is 2.66. The Morgan fingerprint density at radius 3 is 2.59 bits per heavy atom. The number of ketones is 1. The maximum absolute atomic E-state index is 13.2. The molecule has 0 saturated heterocycles. The molecule has 2 nitrogen and oxygen atoms in total. The van der Waals surface area contributed by atoms with Crippen LogP contribution in [0.1, 0.15) is 64.4 Å². The fraction of sp³-hybridized carbons (Fsp3) is 0.640. The van der Waals surface area contributed by atoms with E-state index in [0.29, 0.717) is 30.0 Å². The van der Waals surface area contributed by atoms with Crippen molar-refractivity contribution < 1.29 is 9.90 Å². The number of hydrogen-bond donors (Lipinski definition) is 1. The van der Waals surface area contributed by atoms with E-state index in [2.05, 4.69) is 50.3 Å². The summed E-state index contributed by atoms with van der Waals surface area (Å²) in [7, 11) is 0. The zero-order valence-electron chi connectivity index (χ0n) is 16.7. The van der Waals surface area contributed by atoms with Gasteiger partial charge in [-0.1, -0.05) is 50.3 Å². The summed E-state index contributed by atoms with van der Waals surface area (Å²) >= 11 is 0. The van der Waals surface area contributed by atoms with Gasteiger partial charge >= 0.3 is 0 Å². The molecule has 1 aromatic carbocycles. The highest BCUT2D eigenvalue weighted by molar-refractivity contribution is 5.84. The number of carbonyl (C=O) groups is 1. The van der Waals surface area contributed by atoms with E-state index >= 15 is 0 Å². The highest BCUT2D eigenvalue weighted by Gasteiger charge is 2.60. The number of Topliss-reactive ketones (excluding diaryl/α,β-unsaturated/α-hetero) is 1. The summed E-state index contributed by atoms with van der Waals surface area (Å²) in [6.07, 6.45) is 9.14. The van der Waals surface area contributed by atoms with Crippen LogP contribution in [-0.4, -0.2) is 17.0 Å². The molecule has 3 saturated carbocycles. The smallest absolute Gasteiger partial charge is 0.136 e. The number of aliphatic hydroxyl groups excluding tert-OH is 1. The number of benzene rings is 1. The summed E-state index contributed by atoms with van der Waals surface area (Å²) < 4.78 is 0. The van der Waals surface area contributed by atoms with Crippen molar-refractivity contribution in [2.24, 2.45) is 34.5 Å². The number of hydrogen-bond acceptors (Lipinski definition) is 2. The predicted molar refractivity (Wildman–Crippen MR) is 108 cm³/mol. The molecular weight excluding hydrogens is 332 g/mol. The van der Waals surface area contributed by atoms with E-state index in [0.717, 1.165) is 25.7 Å². The number of carbonyl (C=O) groups excluding carboxylic acids is 1. The van der Waals surface area contributed by atoms with E-state index < -0.39 is 0 Å². The number of allylic oxidation sites excluding steroid dienone is 2. The number of fused-ring (bicyclic) bond motifs is 5. The summed E-state index contributed by atoms with van der Waals surface area (Å²) in [5.41, 5.74) is 3.20. The monoisotopic (exact) mass is 364 g/mol. The van der Waals surface area contributed by atoms with Gasteiger partial charge in [0.2, 0.25) is 0 Å². The summed E-state index contributed by atoms with van der Waals surface area (Å²) in [5.74, 6) is 2.30. The number of rotatable bonds is 1. The van der Waals surface area contributed by atoms with Crippen LogP contribution in [0.5, 0.6) is 0 Å². The quantitative estimate of drug-likeness (QED) is 0.738. The van der Waals surface area contributed by atoms with Crippen molar-refractivity contribution >= 4 is 11.4 Å². The molecule has 1 aromatic rings. The first-order chi connectivity index (χ1) is 12.9. The van der Waals surface area contributed by atoms with Crippen LogP contribution in [0.2, 0.25) is 0 Å². The van der Waals surface area contributed by atoms with Crippen molar-refractivity contribution in [1.82, 2.24) is 0 Å². The number of aliphatic hydroxyl groups is 1. The van der Waals surface area contributed by atoms with Gasteiger partial charge in [-0.15, -0.1) is 0 Å². The van der Waals surface area contributed by atoms with Crippen LogP contribution in [-0.2, 0) is 4.79 Å². The topological polar surface area (TPSA) is 37.3 Å². The second kappa shape index (κ2) is 6.04. The van der Waals surface area contributed by atoms with Gasteiger partial charge in [-0.05, 0) is 78.2 Å². The average Bonchev–Trinajstić information content (AvgIpc) is 3.01. The second-order valence-corrected chi connectivity index (χ2v) is 10.2. The molecule has 0 radical (unpaired) electrons. The highest BCUT2D eigenvalue weighted by atomic mass is 16.3. The summed E-state index contributed by atoms with van der Waals surface area (Å²) in [6, 6.07) is 10.9. The standard InChI is InChI=1S/C25H32O2/c1-24-13-11-21-18(15-23(27)22-14-17(26)10-12-25(21,22)2)20(24)9-8-19(24)16-6-4-3-5-7-16/h3-8,17-18,20-22,26H,9-15H2,1-2H3/t17-,18-,20-,21-,22+,24+,25+/m0/s1. The normalized spacial score (nSPS) is 46.3. The van der Waals surface area contributed by atoms with Gasteiger partial charge in [-0.25, -0.2) is 0 Å². The van der Waals surface area contributed by atoms with Gasteiger partial charge in [0, 0.05) is 12.3 Å². The van der Waals surface area contributed by atoms with Gasteiger partial charge in [0.1, 0.15) is 5.78 Å². The van der Waals surface area contributed by atoms with Gasteiger partial charge in [-0.2, -0.15) is 0 Å². The molecular formula is C25H32O2. The van der Waals surface area contributed by atoms with Crippen molar-refractivity contribution in [1.29, 1.82) is 0 Å².